The maximum absolute atomic E-state index is 12.8. The summed E-state index contributed by atoms with van der Waals surface area (Å²) in [4.78, 5) is 13.4. The number of piperidine rings is 1. The van der Waals surface area contributed by atoms with E-state index < -0.39 is 24.2 Å². The third kappa shape index (κ3) is 3.89. The molecule has 0 spiro atoms. The summed E-state index contributed by atoms with van der Waals surface area (Å²) in [6.45, 7) is 0.0161. The first-order valence-electron chi connectivity index (χ1n) is 9.51. The Balaban J connectivity index is 1.79. The number of carbonyl (C=O) groups excluding carboxylic acids is 1. The average molecular weight is 452 g/mol. The molecule has 0 aromatic heterocycles. The zero-order valence-electron chi connectivity index (χ0n) is 16.0. The number of amides is 1. The van der Waals surface area contributed by atoms with Crippen LogP contribution >= 0.6 is 11.6 Å². The van der Waals surface area contributed by atoms with E-state index in [0.29, 0.717) is 34.9 Å². The SMILES string of the molecule is N#Cc1cc2c(cc1Cl)N1CC[C@H](NC(=O)C(F)(F)F)C[C@H]1c1c(CO)cccc1O2. The van der Waals surface area contributed by atoms with E-state index >= 15 is 0 Å². The highest BCUT2D eigenvalue weighted by Gasteiger charge is 2.42. The van der Waals surface area contributed by atoms with Crippen LogP contribution in [0, 0.1) is 11.3 Å². The van der Waals surface area contributed by atoms with Gasteiger partial charge in [-0.2, -0.15) is 18.4 Å². The highest BCUT2D eigenvalue weighted by Crippen LogP contribution is 2.49. The van der Waals surface area contributed by atoms with Crippen LogP contribution in [0.1, 0.15) is 35.6 Å². The quantitative estimate of drug-likeness (QED) is 0.714. The van der Waals surface area contributed by atoms with E-state index in [2.05, 4.69) is 5.32 Å². The lowest BCUT2D eigenvalue weighted by molar-refractivity contribution is -0.174. The third-order valence-electron chi connectivity index (χ3n) is 5.55. The predicted molar refractivity (Wildman–Crippen MR) is 106 cm³/mol. The summed E-state index contributed by atoms with van der Waals surface area (Å²) in [6.07, 6.45) is -4.52. The number of nitriles is 1. The Morgan fingerprint density at radius 2 is 2.13 bits per heavy atom. The molecule has 0 bridgehead atoms. The van der Waals surface area contributed by atoms with Crippen molar-refractivity contribution >= 4 is 23.2 Å². The minimum absolute atomic E-state index is 0.173. The van der Waals surface area contributed by atoms with E-state index in [0.717, 1.165) is 0 Å². The Kier molecular flexibility index (Phi) is 5.45. The van der Waals surface area contributed by atoms with Crippen molar-refractivity contribution in [1.82, 2.24) is 5.32 Å². The molecule has 1 saturated heterocycles. The van der Waals surface area contributed by atoms with Gasteiger partial charge in [-0.3, -0.25) is 4.79 Å². The monoisotopic (exact) mass is 451 g/mol. The van der Waals surface area contributed by atoms with Crippen molar-refractivity contribution in [3.8, 4) is 17.6 Å². The standard InChI is InChI=1S/C21H17ClF3N3O3/c22-14-8-15-18(6-12(14)9-26)31-17-3-1-2-11(10-29)19(17)16-7-13(4-5-28(15)16)27-20(30)21(23,24)25/h1-3,6,8,13,16,29H,4-5,7,10H2,(H,27,30)/t13-,16-/m0/s1. The Labute approximate surface area is 180 Å². The number of nitrogens with one attached hydrogen (secondary N) is 1. The zero-order chi connectivity index (χ0) is 22.3. The molecular weight excluding hydrogens is 435 g/mol. The van der Waals surface area contributed by atoms with E-state index in [9.17, 15) is 28.3 Å². The molecule has 0 aliphatic carbocycles. The van der Waals surface area contributed by atoms with Gasteiger partial charge in [0.2, 0.25) is 0 Å². The van der Waals surface area contributed by atoms with Crippen molar-refractivity contribution in [1.29, 1.82) is 5.26 Å². The Bertz CT molecular complexity index is 1080. The molecule has 2 N–H and O–H groups in total. The summed E-state index contributed by atoms with van der Waals surface area (Å²) in [5.41, 5.74) is 2.01. The van der Waals surface area contributed by atoms with Gasteiger partial charge in [-0.1, -0.05) is 23.7 Å². The van der Waals surface area contributed by atoms with Crippen LogP contribution in [0.15, 0.2) is 30.3 Å². The molecule has 2 aromatic carbocycles. The molecule has 1 fully saturated rings. The van der Waals surface area contributed by atoms with Gasteiger partial charge in [0.15, 0.2) is 5.75 Å². The van der Waals surface area contributed by atoms with E-state index in [1.807, 2.05) is 11.0 Å². The fourth-order valence-corrected chi connectivity index (χ4v) is 4.37. The molecule has 2 aromatic rings. The Hall–Kier alpha value is -2.96. The Morgan fingerprint density at radius 1 is 1.35 bits per heavy atom. The molecule has 0 unspecified atom stereocenters. The Morgan fingerprint density at radius 3 is 2.81 bits per heavy atom. The molecule has 2 aliphatic rings. The van der Waals surface area contributed by atoms with Crippen LogP contribution in [0.3, 0.4) is 0 Å². The van der Waals surface area contributed by atoms with E-state index in [4.69, 9.17) is 16.3 Å². The van der Waals surface area contributed by atoms with Crippen molar-refractivity contribution in [2.45, 2.75) is 37.7 Å². The van der Waals surface area contributed by atoms with Crippen molar-refractivity contribution < 1.29 is 27.8 Å². The second-order valence-electron chi connectivity index (χ2n) is 7.40. The minimum Gasteiger partial charge on any atom is -0.455 e. The zero-order valence-corrected chi connectivity index (χ0v) is 16.8. The third-order valence-corrected chi connectivity index (χ3v) is 5.87. The number of benzene rings is 2. The molecular formula is C21H17ClF3N3O3. The number of anilines is 1. The number of fused-ring (bicyclic) bond motifs is 5. The average Bonchev–Trinajstić information content (AvgIpc) is 2.86. The molecule has 1 amide bonds. The van der Waals surface area contributed by atoms with Crippen molar-refractivity contribution in [2.24, 2.45) is 0 Å². The number of carbonyl (C=O) groups is 1. The number of ether oxygens (including phenoxy) is 1. The molecule has 2 heterocycles. The van der Waals surface area contributed by atoms with Gasteiger partial charge in [-0.05, 0) is 30.5 Å². The van der Waals surface area contributed by atoms with Crippen LogP contribution < -0.4 is 15.0 Å². The van der Waals surface area contributed by atoms with Crippen LogP contribution in [0.5, 0.6) is 11.5 Å². The number of alkyl halides is 3. The highest BCUT2D eigenvalue weighted by atomic mass is 35.5. The molecule has 31 heavy (non-hydrogen) atoms. The van der Waals surface area contributed by atoms with Crippen LogP contribution in [-0.2, 0) is 11.4 Å². The van der Waals surface area contributed by atoms with Crippen molar-refractivity contribution in [3.63, 3.8) is 0 Å². The van der Waals surface area contributed by atoms with Crippen LogP contribution in [0.25, 0.3) is 0 Å². The first-order valence-corrected chi connectivity index (χ1v) is 9.89. The number of rotatable bonds is 2. The largest absolute Gasteiger partial charge is 0.471 e. The second-order valence-corrected chi connectivity index (χ2v) is 7.81. The molecule has 162 valence electrons. The summed E-state index contributed by atoms with van der Waals surface area (Å²) in [6, 6.07) is 9.03. The van der Waals surface area contributed by atoms with Crippen molar-refractivity contribution in [2.75, 3.05) is 11.4 Å². The fourth-order valence-electron chi connectivity index (χ4n) is 4.17. The van der Waals surface area contributed by atoms with E-state index in [1.165, 1.54) is 6.07 Å². The lowest BCUT2D eigenvalue weighted by atomic mass is 9.88. The molecule has 2 aliphatic heterocycles. The second kappa shape index (κ2) is 7.94. The number of hydrogen-bond donors (Lipinski definition) is 2. The molecule has 4 rings (SSSR count). The van der Waals surface area contributed by atoms with E-state index in [1.54, 1.807) is 24.3 Å². The number of halogens is 4. The smallest absolute Gasteiger partial charge is 0.455 e. The maximum atomic E-state index is 12.8. The summed E-state index contributed by atoms with van der Waals surface area (Å²) in [5, 5.41) is 21.5. The number of aliphatic hydroxyl groups is 1. The van der Waals surface area contributed by atoms with Crippen molar-refractivity contribution in [3.05, 3.63) is 52.0 Å². The molecule has 2 atom stereocenters. The number of aliphatic hydroxyl groups excluding tert-OH is 1. The van der Waals surface area contributed by atoms with Gasteiger partial charge in [0, 0.05) is 24.2 Å². The maximum Gasteiger partial charge on any atom is 0.471 e. The fraction of sp³-hybridized carbons (Fsp3) is 0.333. The van der Waals surface area contributed by atoms with Gasteiger partial charge in [-0.25, -0.2) is 0 Å². The normalized spacial score (nSPS) is 19.8. The van der Waals surface area contributed by atoms with Gasteiger partial charge >= 0.3 is 12.1 Å². The molecule has 10 heteroatoms. The van der Waals surface area contributed by atoms with Gasteiger partial charge in [-0.15, -0.1) is 0 Å². The lowest BCUT2D eigenvalue weighted by Gasteiger charge is -2.41. The van der Waals surface area contributed by atoms with Gasteiger partial charge in [0.05, 0.1) is 28.9 Å². The van der Waals surface area contributed by atoms with Crippen LogP contribution in [0.2, 0.25) is 5.02 Å². The first-order chi connectivity index (χ1) is 14.7. The summed E-state index contributed by atoms with van der Waals surface area (Å²) >= 11 is 6.24. The summed E-state index contributed by atoms with van der Waals surface area (Å²) in [7, 11) is 0. The summed E-state index contributed by atoms with van der Waals surface area (Å²) < 4.78 is 44.3. The van der Waals surface area contributed by atoms with Gasteiger partial charge in [0.1, 0.15) is 11.8 Å². The number of hydrogen-bond acceptors (Lipinski definition) is 5. The first kappa shape index (κ1) is 21.3. The van der Waals surface area contributed by atoms with Crippen LogP contribution in [0.4, 0.5) is 18.9 Å². The minimum atomic E-state index is -4.97. The summed E-state index contributed by atoms with van der Waals surface area (Å²) in [5.74, 6) is -1.17. The topological polar surface area (TPSA) is 85.6 Å². The van der Waals surface area contributed by atoms with E-state index in [-0.39, 0.29) is 30.0 Å². The highest BCUT2D eigenvalue weighted by molar-refractivity contribution is 6.32. The molecule has 0 saturated carbocycles. The van der Waals surface area contributed by atoms with Gasteiger partial charge < -0.3 is 20.1 Å². The predicted octanol–water partition coefficient (Wildman–Crippen LogP) is 4.20. The molecule has 6 nitrogen and oxygen atoms in total. The van der Waals surface area contributed by atoms with Gasteiger partial charge in [0.25, 0.3) is 0 Å². The molecule has 0 radical (unpaired) electrons. The van der Waals surface area contributed by atoms with Crippen LogP contribution in [-0.4, -0.2) is 29.8 Å². The number of nitrogens with zero attached hydrogens (tertiary/aromatic N) is 2. The lowest BCUT2D eigenvalue weighted by Crippen LogP contribution is -2.49.